The number of hydrogen-bond donors (Lipinski definition) is 1. The number of benzene rings is 2. The molecule has 0 spiro atoms. The zero-order chi connectivity index (χ0) is 25.0. The largest absolute Gasteiger partial charge is 0.495 e. The molecule has 0 bridgehead atoms. The third kappa shape index (κ3) is 6.20. The van der Waals surface area contributed by atoms with Crippen LogP contribution < -0.4 is 26.5 Å². The first-order valence-corrected chi connectivity index (χ1v) is 14.8. The molecule has 9 nitrogen and oxygen atoms in total. The zero-order valence-corrected chi connectivity index (χ0v) is 21.8. The van der Waals surface area contributed by atoms with Gasteiger partial charge in [0, 0.05) is 20.7 Å². The lowest BCUT2D eigenvalue weighted by Crippen LogP contribution is -2.41. The summed E-state index contributed by atoms with van der Waals surface area (Å²) < 4.78 is 18.5. The minimum Gasteiger partial charge on any atom is -0.495 e. The normalized spacial score (nSPS) is 11.5. The van der Waals surface area contributed by atoms with Gasteiger partial charge in [-0.1, -0.05) is 42.8 Å². The number of nitrogens with zero attached hydrogens (tertiary/aromatic N) is 3. The highest BCUT2D eigenvalue weighted by atomic mass is 35.5. The van der Waals surface area contributed by atoms with Crippen molar-refractivity contribution >= 4 is 37.0 Å². The number of hydrogen-bond acceptors (Lipinski definition) is 7. The van der Waals surface area contributed by atoms with Crippen molar-refractivity contribution in [3.8, 4) is 22.9 Å². The van der Waals surface area contributed by atoms with E-state index in [-0.39, 0.29) is 28.2 Å². The van der Waals surface area contributed by atoms with Crippen molar-refractivity contribution in [2.75, 3.05) is 19.5 Å². The third-order valence-corrected chi connectivity index (χ3v) is 7.09. The Morgan fingerprint density at radius 1 is 1.09 bits per heavy atom. The standard InChI is InChI=1S/C22H26Cl2N4O5Si/c1-31-19-6-5-15(11-18(19)25)33-21-16(23)9-14(10-17(21)24)28-22(30)27(20(29)12-26-28)13-32-7-8-34(2,3)4/h5-6,9-12H,7-8,13,25H2,1-4H3. The van der Waals surface area contributed by atoms with Gasteiger partial charge >= 0.3 is 5.69 Å². The topological polar surface area (TPSA) is 111 Å². The molecule has 0 aliphatic carbocycles. The number of rotatable bonds is 9. The molecule has 2 aromatic carbocycles. The molecular formula is C22H26Cl2N4O5Si. The molecule has 1 heterocycles. The number of aromatic nitrogens is 3. The maximum atomic E-state index is 12.9. The van der Waals surface area contributed by atoms with Gasteiger partial charge in [0.25, 0.3) is 5.56 Å². The van der Waals surface area contributed by atoms with Crippen LogP contribution in [0.15, 0.2) is 46.1 Å². The van der Waals surface area contributed by atoms with Crippen molar-refractivity contribution in [2.24, 2.45) is 0 Å². The highest BCUT2D eigenvalue weighted by molar-refractivity contribution is 6.76. The lowest BCUT2D eigenvalue weighted by molar-refractivity contribution is 0.0803. The molecule has 0 saturated carbocycles. The summed E-state index contributed by atoms with van der Waals surface area (Å²) in [6, 6.07) is 8.71. The summed E-state index contributed by atoms with van der Waals surface area (Å²) in [6.45, 7) is 6.93. The Morgan fingerprint density at radius 3 is 2.35 bits per heavy atom. The van der Waals surface area contributed by atoms with Gasteiger partial charge in [0.15, 0.2) is 5.75 Å². The summed E-state index contributed by atoms with van der Waals surface area (Å²) in [4.78, 5) is 25.1. The first-order valence-electron chi connectivity index (χ1n) is 10.4. The Labute approximate surface area is 207 Å². The SMILES string of the molecule is COc1ccc(Oc2c(Cl)cc(-n3ncc(=O)n(COCC[Si](C)(C)C)c3=O)cc2Cl)cc1N. The molecule has 182 valence electrons. The number of anilines is 1. The van der Waals surface area contributed by atoms with Gasteiger partial charge in [0.05, 0.1) is 28.5 Å². The predicted molar refractivity (Wildman–Crippen MR) is 136 cm³/mol. The van der Waals surface area contributed by atoms with Crippen molar-refractivity contribution in [2.45, 2.75) is 32.4 Å². The molecule has 0 aliphatic rings. The molecule has 0 unspecified atom stereocenters. The number of ether oxygens (including phenoxy) is 3. The summed E-state index contributed by atoms with van der Waals surface area (Å²) >= 11 is 12.8. The number of nitrogens with two attached hydrogens (primary N) is 1. The number of nitrogen functional groups attached to an aromatic ring is 1. The quantitative estimate of drug-likeness (QED) is 0.251. The maximum absolute atomic E-state index is 12.9. The van der Waals surface area contributed by atoms with Crippen LogP contribution in [0, 0.1) is 0 Å². The maximum Gasteiger partial charge on any atom is 0.354 e. The van der Waals surface area contributed by atoms with E-state index >= 15 is 0 Å². The van der Waals surface area contributed by atoms with Crippen molar-refractivity contribution in [3.05, 3.63) is 67.4 Å². The Bertz CT molecular complexity index is 1280. The average Bonchev–Trinajstić information content (AvgIpc) is 2.75. The summed E-state index contributed by atoms with van der Waals surface area (Å²) in [7, 11) is 0.208. The van der Waals surface area contributed by atoms with Gasteiger partial charge in [-0.15, -0.1) is 0 Å². The fraction of sp³-hybridized carbons (Fsp3) is 0.318. The van der Waals surface area contributed by atoms with E-state index in [4.69, 9.17) is 43.1 Å². The van der Waals surface area contributed by atoms with Crippen LogP contribution in [0.4, 0.5) is 5.69 Å². The van der Waals surface area contributed by atoms with Crippen LogP contribution in [0.5, 0.6) is 17.2 Å². The Hall–Kier alpha value is -2.79. The molecule has 34 heavy (non-hydrogen) atoms. The lowest BCUT2D eigenvalue weighted by Gasteiger charge is -2.16. The number of halogens is 2. The third-order valence-electron chi connectivity index (χ3n) is 4.83. The second kappa shape index (κ2) is 10.6. The zero-order valence-electron chi connectivity index (χ0n) is 19.3. The molecule has 2 N–H and O–H groups in total. The van der Waals surface area contributed by atoms with Crippen LogP contribution >= 0.6 is 23.2 Å². The van der Waals surface area contributed by atoms with Crippen LogP contribution in [0.3, 0.4) is 0 Å². The molecule has 0 aliphatic heterocycles. The Balaban J connectivity index is 1.87. The first-order chi connectivity index (χ1) is 16.0. The van der Waals surface area contributed by atoms with Crippen LogP contribution in [0.2, 0.25) is 35.7 Å². The van der Waals surface area contributed by atoms with Gasteiger partial charge < -0.3 is 19.9 Å². The summed E-state index contributed by atoms with van der Waals surface area (Å²) in [5.41, 5.74) is 5.32. The van der Waals surface area contributed by atoms with E-state index in [1.165, 1.54) is 19.2 Å². The highest BCUT2D eigenvalue weighted by Crippen LogP contribution is 2.39. The Kier molecular flexibility index (Phi) is 8.08. The second-order valence-electron chi connectivity index (χ2n) is 8.70. The molecule has 3 rings (SSSR count). The van der Waals surface area contributed by atoms with Crippen molar-refractivity contribution < 1.29 is 14.2 Å². The van der Waals surface area contributed by atoms with E-state index in [0.717, 1.165) is 21.5 Å². The molecular weight excluding hydrogens is 499 g/mol. The van der Waals surface area contributed by atoms with Gasteiger partial charge in [-0.2, -0.15) is 9.78 Å². The molecule has 0 atom stereocenters. The van der Waals surface area contributed by atoms with Gasteiger partial charge in [-0.25, -0.2) is 9.36 Å². The highest BCUT2D eigenvalue weighted by Gasteiger charge is 2.16. The lowest BCUT2D eigenvalue weighted by atomic mass is 10.2. The molecule has 12 heteroatoms. The monoisotopic (exact) mass is 524 g/mol. The van der Waals surface area contributed by atoms with Crippen LogP contribution in [-0.4, -0.2) is 36.1 Å². The predicted octanol–water partition coefficient (Wildman–Crippen LogP) is 4.40. The van der Waals surface area contributed by atoms with Crippen LogP contribution in [0.25, 0.3) is 5.69 Å². The molecule has 0 radical (unpaired) electrons. The van der Waals surface area contributed by atoms with E-state index in [2.05, 4.69) is 24.7 Å². The van der Waals surface area contributed by atoms with E-state index in [9.17, 15) is 9.59 Å². The van der Waals surface area contributed by atoms with Gasteiger partial charge in [0.2, 0.25) is 0 Å². The number of methoxy groups -OCH3 is 1. The van der Waals surface area contributed by atoms with Crippen LogP contribution in [-0.2, 0) is 11.5 Å². The van der Waals surface area contributed by atoms with Crippen molar-refractivity contribution in [1.82, 2.24) is 14.3 Å². The molecule has 0 fully saturated rings. The smallest absolute Gasteiger partial charge is 0.354 e. The van der Waals surface area contributed by atoms with E-state index in [0.29, 0.717) is 23.8 Å². The molecule has 3 aromatic rings. The minimum absolute atomic E-state index is 0.134. The fourth-order valence-electron chi connectivity index (χ4n) is 2.93. The van der Waals surface area contributed by atoms with Crippen molar-refractivity contribution in [1.29, 1.82) is 0 Å². The summed E-state index contributed by atoms with van der Waals surface area (Å²) in [5.74, 6) is 1.08. The molecule has 0 saturated heterocycles. The molecule has 0 amide bonds. The van der Waals surface area contributed by atoms with E-state index in [1.807, 2.05) is 0 Å². The first kappa shape index (κ1) is 25.8. The van der Waals surface area contributed by atoms with E-state index < -0.39 is 19.3 Å². The van der Waals surface area contributed by atoms with Gasteiger partial charge in [-0.3, -0.25) is 4.79 Å². The van der Waals surface area contributed by atoms with E-state index in [1.54, 1.807) is 18.2 Å². The van der Waals surface area contributed by atoms with Crippen LogP contribution in [0.1, 0.15) is 0 Å². The Morgan fingerprint density at radius 2 is 1.76 bits per heavy atom. The van der Waals surface area contributed by atoms with Crippen molar-refractivity contribution in [3.63, 3.8) is 0 Å². The average molecular weight is 525 g/mol. The van der Waals surface area contributed by atoms with Gasteiger partial charge in [-0.05, 0) is 30.3 Å². The van der Waals surface area contributed by atoms with Gasteiger partial charge in [0.1, 0.15) is 24.4 Å². The minimum atomic E-state index is -1.30. The second-order valence-corrected chi connectivity index (χ2v) is 15.1. The molecule has 1 aromatic heterocycles. The summed E-state index contributed by atoms with van der Waals surface area (Å²) in [5, 5.41) is 4.20. The summed E-state index contributed by atoms with van der Waals surface area (Å²) in [6.07, 6.45) is 1.04. The fourth-order valence-corrected chi connectivity index (χ4v) is 4.23.